The van der Waals surface area contributed by atoms with Crippen molar-refractivity contribution >= 4 is 28.6 Å². The first-order valence-corrected chi connectivity index (χ1v) is 7.97. The van der Waals surface area contributed by atoms with Crippen LogP contribution < -0.4 is 5.32 Å². The van der Waals surface area contributed by atoms with Crippen molar-refractivity contribution < 1.29 is 14.0 Å². The Labute approximate surface area is 134 Å². The largest absolute Gasteiger partial charge is 0.441 e. The Kier molecular flexibility index (Phi) is 4.07. The Morgan fingerprint density at radius 3 is 2.91 bits per heavy atom. The van der Waals surface area contributed by atoms with E-state index in [0.29, 0.717) is 23.7 Å². The first kappa shape index (κ1) is 15.5. The number of nitrogens with zero attached hydrogens (tertiary/aromatic N) is 2. The van der Waals surface area contributed by atoms with Crippen LogP contribution in [-0.4, -0.2) is 34.3 Å². The van der Waals surface area contributed by atoms with Gasteiger partial charge in [-0.1, -0.05) is 6.92 Å². The van der Waals surface area contributed by atoms with Gasteiger partial charge < -0.3 is 14.6 Å². The van der Waals surface area contributed by atoms with Gasteiger partial charge in [-0.15, -0.1) is 0 Å². The smallest absolute Gasteiger partial charge is 0.229 e. The van der Waals surface area contributed by atoms with E-state index in [2.05, 4.69) is 10.3 Å². The monoisotopic (exact) mass is 315 g/mol. The number of carbonyl (C=O) groups is 2. The summed E-state index contributed by atoms with van der Waals surface area (Å²) in [5.74, 6) is 0.293. The van der Waals surface area contributed by atoms with Crippen LogP contribution in [0.3, 0.4) is 0 Å². The molecule has 2 aromatic rings. The first-order valence-electron chi connectivity index (χ1n) is 7.97. The van der Waals surface area contributed by atoms with E-state index in [1.807, 2.05) is 20.8 Å². The summed E-state index contributed by atoms with van der Waals surface area (Å²) < 4.78 is 5.56. The maximum atomic E-state index is 12.4. The molecular formula is C17H21N3O3. The fourth-order valence-corrected chi connectivity index (χ4v) is 2.85. The standard InChI is InChI=1S/C17H21N3O3/c1-4-15-19-13-8-12(5-6-14(13)23-15)18-17(22)11-7-16(21)20(9-11)10(2)3/h5-6,8,10-11H,4,7,9H2,1-3H3,(H,18,22)/t11-/m0/s1. The van der Waals surface area contributed by atoms with Crippen LogP contribution in [0.5, 0.6) is 0 Å². The Morgan fingerprint density at radius 1 is 1.48 bits per heavy atom. The van der Waals surface area contributed by atoms with Crippen LogP contribution in [0.15, 0.2) is 22.6 Å². The number of oxazole rings is 1. The second-order valence-electron chi connectivity index (χ2n) is 6.17. The molecule has 6 heteroatoms. The van der Waals surface area contributed by atoms with Gasteiger partial charge in [0.05, 0.1) is 5.92 Å². The lowest BCUT2D eigenvalue weighted by Gasteiger charge is -2.20. The lowest BCUT2D eigenvalue weighted by Crippen LogP contribution is -2.33. The highest BCUT2D eigenvalue weighted by Gasteiger charge is 2.35. The second kappa shape index (κ2) is 6.02. The molecule has 0 spiro atoms. The van der Waals surface area contributed by atoms with Crippen molar-refractivity contribution in [1.29, 1.82) is 0 Å². The van der Waals surface area contributed by atoms with Crippen LogP contribution in [0, 0.1) is 5.92 Å². The molecule has 1 saturated heterocycles. The molecule has 1 atom stereocenters. The van der Waals surface area contributed by atoms with Gasteiger partial charge in [-0.25, -0.2) is 4.98 Å². The molecule has 0 unspecified atom stereocenters. The van der Waals surface area contributed by atoms with Gasteiger partial charge in [0.1, 0.15) is 5.52 Å². The minimum Gasteiger partial charge on any atom is -0.441 e. The van der Waals surface area contributed by atoms with E-state index in [-0.39, 0.29) is 30.2 Å². The molecular weight excluding hydrogens is 294 g/mol. The number of aromatic nitrogens is 1. The van der Waals surface area contributed by atoms with E-state index in [0.717, 1.165) is 11.9 Å². The average molecular weight is 315 g/mol. The van der Waals surface area contributed by atoms with Crippen LogP contribution in [0.1, 0.15) is 33.1 Å². The molecule has 1 N–H and O–H groups in total. The van der Waals surface area contributed by atoms with Gasteiger partial charge in [-0.2, -0.15) is 0 Å². The Morgan fingerprint density at radius 2 is 2.26 bits per heavy atom. The molecule has 1 aromatic carbocycles. The number of hydrogen-bond donors (Lipinski definition) is 1. The number of amides is 2. The van der Waals surface area contributed by atoms with Crippen molar-refractivity contribution in [1.82, 2.24) is 9.88 Å². The minimum atomic E-state index is -0.302. The Hall–Kier alpha value is -2.37. The molecule has 1 fully saturated rings. The summed E-state index contributed by atoms with van der Waals surface area (Å²) in [7, 11) is 0. The molecule has 0 radical (unpaired) electrons. The summed E-state index contributed by atoms with van der Waals surface area (Å²) in [6.45, 7) is 6.38. The number of fused-ring (bicyclic) bond motifs is 1. The molecule has 2 heterocycles. The van der Waals surface area contributed by atoms with Crippen molar-refractivity contribution in [3.8, 4) is 0 Å². The molecule has 3 rings (SSSR count). The lowest BCUT2D eigenvalue weighted by atomic mass is 10.1. The maximum Gasteiger partial charge on any atom is 0.229 e. The van der Waals surface area contributed by atoms with Crippen molar-refractivity contribution in [3.05, 3.63) is 24.1 Å². The third-order valence-corrected chi connectivity index (χ3v) is 4.15. The van der Waals surface area contributed by atoms with Crippen LogP contribution in [0.4, 0.5) is 5.69 Å². The Balaban J connectivity index is 1.72. The molecule has 122 valence electrons. The van der Waals surface area contributed by atoms with Gasteiger partial charge in [0.25, 0.3) is 0 Å². The Bertz CT molecular complexity index is 751. The molecule has 0 saturated carbocycles. The van der Waals surface area contributed by atoms with E-state index in [9.17, 15) is 9.59 Å². The van der Waals surface area contributed by atoms with Crippen LogP contribution >= 0.6 is 0 Å². The van der Waals surface area contributed by atoms with E-state index >= 15 is 0 Å². The van der Waals surface area contributed by atoms with Gasteiger partial charge in [-0.05, 0) is 32.0 Å². The predicted octanol–water partition coefficient (Wildman–Crippen LogP) is 2.59. The average Bonchev–Trinajstić information content (AvgIpc) is 3.09. The second-order valence-corrected chi connectivity index (χ2v) is 6.17. The summed E-state index contributed by atoms with van der Waals surface area (Å²) in [6.07, 6.45) is 1.00. The highest BCUT2D eigenvalue weighted by atomic mass is 16.3. The molecule has 1 aliphatic heterocycles. The summed E-state index contributed by atoms with van der Waals surface area (Å²) in [4.78, 5) is 30.4. The molecule has 0 bridgehead atoms. The zero-order valence-corrected chi connectivity index (χ0v) is 13.6. The summed E-state index contributed by atoms with van der Waals surface area (Å²) >= 11 is 0. The number of nitrogens with one attached hydrogen (secondary N) is 1. The van der Waals surface area contributed by atoms with Crippen molar-refractivity contribution in [2.24, 2.45) is 5.92 Å². The topological polar surface area (TPSA) is 75.4 Å². The quantitative estimate of drug-likeness (QED) is 0.941. The molecule has 23 heavy (non-hydrogen) atoms. The minimum absolute atomic E-state index is 0.0414. The van der Waals surface area contributed by atoms with Crippen LogP contribution in [0.25, 0.3) is 11.1 Å². The number of anilines is 1. The highest BCUT2D eigenvalue weighted by Crippen LogP contribution is 2.24. The number of benzene rings is 1. The SMILES string of the molecule is CCc1nc2cc(NC(=O)[C@H]3CC(=O)N(C(C)C)C3)ccc2o1. The third kappa shape index (κ3) is 3.06. The van der Waals surface area contributed by atoms with E-state index < -0.39 is 0 Å². The number of rotatable bonds is 4. The van der Waals surface area contributed by atoms with Gasteiger partial charge in [0.15, 0.2) is 11.5 Å². The third-order valence-electron chi connectivity index (χ3n) is 4.15. The summed E-state index contributed by atoms with van der Waals surface area (Å²) in [6, 6.07) is 5.52. The highest BCUT2D eigenvalue weighted by molar-refractivity contribution is 5.98. The molecule has 0 aliphatic carbocycles. The zero-order valence-electron chi connectivity index (χ0n) is 13.6. The lowest BCUT2D eigenvalue weighted by molar-refractivity contribution is -0.129. The normalized spacial score (nSPS) is 18.2. The summed E-state index contributed by atoms with van der Waals surface area (Å²) in [5, 5.41) is 2.88. The van der Waals surface area contributed by atoms with Crippen molar-refractivity contribution in [2.45, 2.75) is 39.7 Å². The van der Waals surface area contributed by atoms with Crippen molar-refractivity contribution in [3.63, 3.8) is 0 Å². The number of carbonyl (C=O) groups excluding carboxylic acids is 2. The van der Waals surface area contributed by atoms with Gasteiger partial charge in [0, 0.05) is 31.1 Å². The molecule has 1 aliphatic rings. The zero-order chi connectivity index (χ0) is 16.6. The predicted molar refractivity (Wildman–Crippen MR) is 87.0 cm³/mol. The van der Waals surface area contributed by atoms with E-state index in [1.54, 1.807) is 23.1 Å². The van der Waals surface area contributed by atoms with Gasteiger partial charge in [-0.3, -0.25) is 9.59 Å². The number of likely N-dealkylation sites (tertiary alicyclic amines) is 1. The molecule has 1 aromatic heterocycles. The fourth-order valence-electron chi connectivity index (χ4n) is 2.85. The van der Waals surface area contributed by atoms with Crippen molar-refractivity contribution in [2.75, 3.05) is 11.9 Å². The number of aryl methyl sites for hydroxylation is 1. The summed E-state index contributed by atoms with van der Waals surface area (Å²) in [5.41, 5.74) is 2.11. The first-order chi connectivity index (χ1) is 11.0. The van der Waals surface area contributed by atoms with E-state index in [4.69, 9.17) is 4.42 Å². The van der Waals surface area contributed by atoms with E-state index in [1.165, 1.54) is 0 Å². The fraction of sp³-hybridized carbons (Fsp3) is 0.471. The maximum absolute atomic E-state index is 12.4. The van der Waals surface area contributed by atoms with Crippen LogP contribution in [-0.2, 0) is 16.0 Å². The van der Waals surface area contributed by atoms with Gasteiger partial charge >= 0.3 is 0 Å². The molecule has 2 amide bonds. The number of hydrogen-bond acceptors (Lipinski definition) is 4. The molecule has 6 nitrogen and oxygen atoms in total. The van der Waals surface area contributed by atoms with Crippen LogP contribution in [0.2, 0.25) is 0 Å². The van der Waals surface area contributed by atoms with Gasteiger partial charge in [0.2, 0.25) is 11.8 Å².